The summed E-state index contributed by atoms with van der Waals surface area (Å²) in [6.07, 6.45) is 4.32. The predicted octanol–water partition coefficient (Wildman–Crippen LogP) is 2.32. The summed E-state index contributed by atoms with van der Waals surface area (Å²) < 4.78 is 6.84. The van der Waals surface area contributed by atoms with Crippen LogP contribution in [0.25, 0.3) is 0 Å². The lowest BCUT2D eigenvalue weighted by atomic mass is 9.84. The highest BCUT2D eigenvalue weighted by Crippen LogP contribution is 2.30. The van der Waals surface area contributed by atoms with Crippen LogP contribution in [0.15, 0.2) is 16.7 Å². The molecule has 2 amide bonds. The van der Waals surface area contributed by atoms with Crippen LogP contribution in [0.4, 0.5) is 0 Å². The Bertz CT molecular complexity index is 740. The Hall–Kier alpha value is -1.67. The van der Waals surface area contributed by atoms with Crippen molar-refractivity contribution in [1.82, 2.24) is 14.8 Å². The van der Waals surface area contributed by atoms with Crippen molar-refractivity contribution in [3.8, 4) is 5.88 Å². The first-order valence-corrected chi connectivity index (χ1v) is 10.6. The molecule has 3 rings (SSSR count). The molecular formula is C20H28BrN3O4. The first-order valence-electron chi connectivity index (χ1n) is 9.80. The van der Waals surface area contributed by atoms with Gasteiger partial charge in [0.1, 0.15) is 11.7 Å². The van der Waals surface area contributed by atoms with Crippen LogP contribution in [0, 0.1) is 11.8 Å². The number of ether oxygens (including phenoxy) is 1. The molecule has 0 aromatic carbocycles. The van der Waals surface area contributed by atoms with Gasteiger partial charge in [-0.05, 0) is 41.8 Å². The summed E-state index contributed by atoms with van der Waals surface area (Å²) in [5.74, 6) is 0.305. The predicted molar refractivity (Wildman–Crippen MR) is 108 cm³/mol. The summed E-state index contributed by atoms with van der Waals surface area (Å²) in [5.41, 5.74) is 0.361. The highest BCUT2D eigenvalue weighted by atomic mass is 79.9. The number of hydrogen-bond donors (Lipinski definition) is 1. The summed E-state index contributed by atoms with van der Waals surface area (Å²) in [7, 11) is 1.81. The molecule has 3 atom stereocenters. The molecule has 2 aliphatic rings. The van der Waals surface area contributed by atoms with Crippen LogP contribution in [-0.2, 0) is 4.79 Å². The number of likely N-dealkylation sites (N-methyl/N-ethyl adjacent to an activating group) is 1. The average molecular weight is 454 g/mol. The number of fused-ring (bicyclic) bond motifs is 1. The zero-order valence-electron chi connectivity index (χ0n) is 16.6. The summed E-state index contributed by atoms with van der Waals surface area (Å²) in [4.78, 5) is 33.4. The Morgan fingerprint density at radius 2 is 2.21 bits per heavy atom. The lowest BCUT2D eigenvalue weighted by molar-refractivity contribution is -0.138. The minimum absolute atomic E-state index is 0.0341. The van der Waals surface area contributed by atoms with E-state index in [9.17, 15) is 14.7 Å². The highest BCUT2D eigenvalue weighted by molar-refractivity contribution is 9.10. The third kappa shape index (κ3) is 4.33. The number of amides is 2. The molecule has 1 aliphatic carbocycles. The van der Waals surface area contributed by atoms with Crippen LogP contribution >= 0.6 is 15.9 Å². The third-order valence-electron chi connectivity index (χ3n) is 5.77. The van der Waals surface area contributed by atoms with Crippen LogP contribution in [0.5, 0.6) is 5.88 Å². The van der Waals surface area contributed by atoms with Gasteiger partial charge in [-0.25, -0.2) is 4.98 Å². The minimum Gasteiger partial charge on any atom is -0.472 e. The monoisotopic (exact) mass is 453 g/mol. The molecule has 1 aromatic heterocycles. The second-order valence-electron chi connectivity index (χ2n) is 7.98. The standard InChI is InChI=1S/C20H28BrN3O4/c1-12-9-24(13(2)11-25)20(27)16-7-15(21)8-22-18(16)28-17(12)10-23(3)19(26)14-5-4-6-14/h7-8,12-14,17,25H,4-6,9-11H2,1-3H3/t12-,13+,17-/m1/s1. The number of nitrogens with zero attached hydrogens (tertiary/aromatic N) is 3. The van der Waals surface area contributed by atoms with Gasteiger partial charge >= 0.3 is 0 Å². The molecule has 28 heavy (non-hydrogen) atoms. The van der Waals surface area contributed by atoms with Gasteiger partial charge in [0.15, 0.2) is 0 Å². The normalized spacial score (nSPS) is 23.8. The molecule has 2 heterocycles. The van der Waals surface area contributed by atoms with E-state index in [1.807, 2.05) is 20.9 Å². The first-order chi connectivity index (χ1) is 13.3. The third-order valence-corrected chi connectivity index (χ3v) is 6.21. The molecule has 8 heteroatoms. The number of halogens is 1. The van der Waals surface area contributed by atoms with Gasteiger partial charge in [0.05, 0.1) is 19.2 Å². The SMILES string of the molecule is C[C@@H]1CN([C@@H](C)CO)C(=O)c2cc(Br)cnc2O[C@@H]1CN(C)C(=O)C1CCC1. The Kier molecular flexibility index (Phi) is 6.60. The van der Waals surface area contributed by atoms with Crippen LogP contribution in [0.2, 0.25) is 0 Å². The average Bonchev–Trinajstić information content (AvgIpc) is 2.63. The van der Waals surface area contributed by atoms with E-state index >= 15 is 0 Å². The Morgan fingerprint density at radius 3 is 2.82 bits per heavy atom. The fraction of sp³-hybridized carbons (Fsp3) is 0.650. The molecule has 1 fully saturated rings. The number of carbonyl (C=O) groups is 2. The van der Waals surface area contributed by atoms with E-state index in [0.717, 1.165) is 19.3 Å². The maximum absolute atomic E-state index is 13.1. The van der Waals surface area contributed by atoms with Crippen LogP contribution < -0.4 is 4.74 Å². The van der Waals surface area contributed by atoms with Crippen molar-refractivity contribution in [2.24, 2.45) is 11.8 Å². The van der Waals surface area contributed by atoms with E-state index in [1.165, 1.54) is 0 Å². The second-order valence-corrected chi connectivity index (χ2v) is 8.89. The van der Waals surface area contributed by atoms with E-state index < -0.39 is 0 Å². The lowest BCUT2D eigenvalue weighted by Gasteiger charge is -2.38. The van der Waals surface area contributed by atoms with Crippen molar-refractivity contribution < 1.29 is 19.4 Å². The van der Waals surface area contributed by atoms with Gasteiger partial charge in [-0.3, -0.25) is 9.59 Å². The number of rotatable bonds is 5. The number of aliphatic hydroxyl groups is 1. The van der Waals surface area contributed by atoms with Crippen LogP contribution in [0.1, 0.15) is 43.5 Å². The van der Waals surface area contributed by atoms with Gasteiger partial charge in [0.25, 0.3) is 5.91 Å². The lowest BCUT2D eigenvalue weighted by Crippen LogP contribution is -2.51. The zero-order chi connectivity index (χ0) is 20.4. The van der Waals surface area contributed by atoms with Crippen molar-refractivity contribution in [2.75, 3.05) is 26.7 Å². The molecule has 1 saturated carbocycles. The van der Waals surface area contributed by atoms with E-state index in [-0.39, 0.29) is 48.3 Å². The number of pyridine rings is 1. The molecule has 0 unspecified atom stereocenters. The number of carbonyl (C=O) groups excluding carboxylic acids is 2. The van der Waals surface area contributed by atoms with Crippen LogP contribution in [-0.4, -0.2) is 70.6 Å². The van der Waals surface area contributed by atoms with Crippen molar-refractivity contribution in [3.63, 3.8) is 0 Å². The number of aliphatic hydroxyl groups excluding tert-OH is 1. The Labute approximate surface area is 174 Å². The quantitative estimate of drug-likeness (QED) is 0.739. The fourth-order valence-corrected chi connectivity index (χ4v) is 3.95. The van der Waals surface area contributed by atoms with E-state index in [2.05, 4.69) is 20.9 Å². The maximum Gasteiger partial charge on any atom is 0.259 e. The van der Waals surface area contributed by atoms with Crippen molar-refractivity contribution in [2.45, 2.75) is 45.3 Å². The molecule has 1 aliphatic heterocycles. The van der Waals surface area contributed by atoms with E-state index in [0.29, 0.717) is 23.1 Å². The minimum atomic E-state index is -0.324. The molecule has 7 nitrogen and oxygen atoms in total. The maximum atomic E-state index is 13.1. The zero-order valence-corrected chi connectivity index (χ0v) is 18.2. The van der Waals surface area contributed by atoms with Gasteiger partial charge in [-0.1, -0.05) is 13.3 Å². The summed E-state index contributed by atoms with van der Waals surface area (Å²) in [5, 5.41) is 9.63. The van der Waals surface area contributed by atoms with Crippen molar-refractivity contribution in [3.05, 3.63) is 22.3 Å². The molecule has 154 valence electrons. The Balaban J connectivity index is 1.87. The number of hydrogen-bond acceptors (Lipinski definition) is 5. The van der Waals surface area contributed by atoms with E-state index in [4.69, 9.17) is 4.74 Å². The summed E-state index contributed by atoms with van der Waals surface area (Å²) >= 11 is 3.36. The van der Waals surface area contributed by atoms with Gasteiger partial charge in [0.2, 0.25) is 11.8 Å². The summed E-state index contributed by atoms with van der Waals surface area (Å²) in [6, 6.07) is 1.37. The number of aromatic nitrogens is 1. The molecular weight excluding hydrogens is 426 g/mol. The molecule has 0 saturated heterocycles. The smallest absolute Gasteiger partial charge is 0.259 e. The van der Waals surface area contributed by atoms with Gasteiger partial charge in [0, 0.05) is 36.1 Å². The molecule has 0 spiro atoms. The van der Waals surface area contributed by atoms with Crippen LogP contribution in [0.3, 0.4) is 0 Å². The van der Waals surface area contributed by atoms with Gasteiger partial charge in [-0.2, -0.15) is 0 Å². The molecule has 0 radical (unpaired) electrons. The van der Waals surface area contributed by atoms with Crippen molar-refractivity contribution in [1.29, 1.82) is 0 Å². The van der Waals surface area contributed by atoms with Gasteiger partial charge in [-0.15, -0.1) is 0 Å². The highest BCUT2D eigenvalue weighted by Gasteiger charge is 2.36. The Morgan fingerprint density at radius 1 is 1.50 bits per heavy atom. The second kappa shape index (κ2) is 8.78. The van der Waals surface area contributed by atoms with E-state index in [1.54, 1.807) is 22.1 Å². The topological polar surface area (TPSA) is 83.0 Å². The fourth-order valence-electron chi connectivity index (χ4n) is 3.62. The molecule has 1 N–H and O–H groups in total. The summed E-state index contributed by atoms with van der Waals surface area (Å²) in [6.45, 7) is 4.56. The first kappa shape index (κ1) is 21.0. The van der Waals surface area contributed by atoms with Gasteiger partial charge < -0.3 is 19.6 Å². The molecule has 0 bridgehead atoms. The molecule has 1 aromatic rings. The largest absolute Gasteiger partial charge is 0.472 e. The van der Waals surface area contributed by atoms with Crippen molar-refractivity contribution >= 4 is 27.7 Å².